The van der Waals surface area contributed by atoms with E-state index in [0.29, 0.717) is 5.92 Å². The maximum absolute atomic E-state index is 4.61. The van der Waals surface area contributed by atoms with Crippen LogP contribution in [0.1, 0.15) is 62.8 Å². The van der Waals surface area contributed by atoms with Crippen LogP contribution in [0.3, 0.4) is 0 Å². The average Bonchev–Trinajstić information content (AvgIpc) is 2.88. The first-order valence-electron chi connectivity index (χ1n) is 7.85. The van der Waals surface area contributed by atoms with E-state index in [1.807, 2.05) is 11.6 Å². The van der Waals surface area contributed by atoms with E-state index in [1.165, 1.54) is 36.1 Å². The maximum Gasteiger partial charge on any atom is 0.0683 e. The molecule has 2 rings (SSSR count). The van der Waals surface area contributed by atoms with E-state index in [2.05, 4.69) is 56.3 Å². The van der Waals surface area contributed by atoms with E-state index in [0.717, 1.165) is 12.1 Å². The highest BCUT2D eigenvalue weighted by Gasteiger charge is 2.14. The summed E-state index contributed by atoms with van der Waals surface area (Å²) in [5, 5.41) is 4.61. The molecule has 0 saturated carbocycles. The molecule has 1 heterocycles. The number of aryl methyl sites for hydroxylation is 2. The van der Waals surface area contributed by atoms with Crippen molar-refractivity contribution < 1.29 is 0 Å². The highest BCUT2D eigenvalue weighted by molar-refractivity contribution is 5.45. The Morgan fingerprint density at radius 3 is 2.40 bits per heavy atom. The van der Waals surface area contributed by atoms with Gasteiger partial charge in [0.05, 0.1) is 11.4 Å². The molecular weight excluding hydrogens is 244 g/mol. The molecule has 0 aliphatic heterocycles. The molecule has 1 aromatic heterocycles. The molecule has 0 bridgehead atoms. The zero-order chi connectivity index (χ0) is 14.5. The largest absolute Gasteiger partial charge is 0.240 e. The topological polar surface area (TPSA) is 17.8 Å². The van der Waals surface area contributed by atoms with Crippen molar-refractivity contribution in [2.24, 2.45) is 0 Å². The molecule has 0 fully saturated rings. The minimum absolute atomic E-state index is 0.616. The van der Waals surface area contributed by atoms with Crippen molar-refractivity contribution in [2.75, 3.05) is 0 Å². The van der Waals surface area contributed by atoms with Gasteiger partial charge in [-0.2, -0.15) is 5.10 Å². The predicted octanol–water partition coefficient (Wildman–Crippen LogP) is 5.04. The lowest BCUT2D eigenvalue weighted by molar-refractivity contribution is 0.633. The fourth-order valence-corrected chi connectivity index (χ4v) is 2.85. The second-order valence-electron chi connectivity index (χ2n) is 5.56. The van der Waals surface area contributed by atoms with Gasteiger partial charge in [0.25, 0.3) is 0 Å². The number of hydrogen-bond donors (Lipinski definition) is 0. The van der Waals surface area contributed by atoms with Crippen LogP contribution in [-0.2, 0) is 6.42 Å². The van der Waals surface area contributed by atoms with E-state index in [4.69, 9.17) is 0 Å². The third-order valence-corrected chi connectivity index (χ3v) is 4.03. The first-order valence-corrected chi connectivity index (χ1v) is 7.85. The number of nitrogens with zero attached hydrogens (tertiary/aromatic N) is 2. The molecule has 0 N–H and O–H groups in total. The smallest absolute Gasteiger partial charge is 0.0683 e. The minimum Gasteiger partial charge on any atom is -0.240 e. The zero-order valence-electron chi connectivity index (χ0n) is 13.2. The Balaban J connectivity index is 2.50. The lowest BCUT2D eigenvalue weighted by atomic mass is 9.91. The van der Waals surface area contributed by atoms with E-state index in [-0.39, 0.29) is 0 Å². The summed E-state index contributed by atoms with van der Waals surface area (Å²) in [6, 6.07) is 9.00. The fraction of sp³-hybridized carbons (Fsp3) is 0.500. The minimum atomic E-state index is 0.616. The summed E-state index contributed by atoms with van der Waals surface area (Å²) in [6.07, 6.45) is 6.75. The summed E-state index contributed by atoms with van der Waals surface area (Å²) in [4.78, 5) is 0. The Labute approximate surface area is 122 Å². The lowest BCUT2D eigenvalue weighted by Crippen LogP contribution is -2.06. The number of hydrogen-bond acceptors (Lipinski definition) is 1. The maximum atomic E-state index is 4.61. The zero-order valence-corrected chi connectivity index (χ0v) is 13.2. The monoisotopic (exact) mass is 270 g/mol. The van der Waals surface area contributed by atoms with E-state index in [1.54, 1.807) is 0 Å². The quantitative estimate of drug-likeness (QED) is 0.719. The predicted molar refractivity (Wildman–Crippen MR) is 85.6 cm³/mol. The van der Waals surface area contributed by atoms with Gasteiger partial charge in [-0.25, -0.2) is 4.68 Å². The van der Waals surface area contributed by atoms with Gasteiger partial charge in [0, 0.05) is 6.20 Å². The van der Waals surface area contributed by atoms with Crippen LogP contribution in [-0.4, -0.2) is 9.78 Å². The van der Waals surface area contributed by atoms with Gasteiger partial charge in [-0.05, 0) is 55.4 Å². The summed E-state index contributed by atoms with van der Waals surface area (Å²) < 4.78 is 2.04. The highest BCUT2D eigenvalue weighted by Crippen LogP contribution is 2.29. The van der Waals surface area contributed by atoms with Gasteiger partial charge in [-0.3, -0.25) is 0 Å². The van der Waals surface area contributed by atoms with Gasteiger partial charge < -0.3 is 0 Å². The van der Waals surface area contributed by atoms with Crippen LogP contribution in [0.25, 0.3) is 5.69 Å². The van der Waals surface area contributed by atoms with Crippen molar-refractivity contribution in [3.8, 4) is 5.69 Å². The molecule has 2 heteroatoms. The molecule has 0 amide bonds. The molecule has 0 aliphatic rings. The molecule has 0 saturated heterocycles. The third kappa shape index (κ3) is 3.12. The van der Waals surface area contributed by atoms with Gasteiger partial charge in [0.2, 0.25) is 0 Å². The molecule has 2 nitrogen and oxygen atoms in total. The van der Waals surface area contributed by atoms with Crippen molar-refractivity contribution in [3.63, 3.8) is 0 Å². The summed E-state index contributed by atoms with van der Waals surface area (Å²) in [6.45, 7) is 8.81. The molecule has 108 valence electrons. The fourth-order valence-electron chi connectivity index (χ4n) is 2.85. The standard InChI is InChI=1S/C18H26N2/c1-5-8-15-9-10-17(16(6-2)7-3)18(13-15)20-12-11-14(4)19-20/h9-13,16H,5-8H2,1-4H3. The second kappa shape index (κ2) is 6.74. The Morgan fingerprint density at radius 2 is 1.85 bits per heavy atom. The number of rotatable bonds is 6. The molecule has 20 heavy (non-hydrogen) atoms. The summed E-state index contributed by atoms with van der Waals surface area (Å²) in [5.41, 5.74) is 5.17. The van der Waals surface area contributed by atoms with Gasteiger partial charge >= 0.3 is 0 Å². The van der Waals surface area contributed by atoms with Crippen molar-refractivity contribution in [1.82, 2.24) is 9.78 Å². The normalized spacial score (nSPS) is 11.2. The Bertz CT molecular complexity index is 550. The third-order valence-electron chi connectivity index (χ3n) is 4.03. The number of benzene rings is 1. The van der Waals surface area contributed by atoms with Crippen LogP contribution in [0.15, 0.2) is 30.5 Å². The van der Waals surface area contributed by atoms with Crippen molar-refractivity contribution in [1.29, 1.82) is 0 Å². The molecule has 1 aromatic carbocycles. The van der Waals surface area contributed by atoms with Gasteiger partial charge in [0.1, 0.15) is 0 Å². The number of aromatic nitrogens is 2. The molecule has 0 spiro atoms. The van der Waals surface area contributed by atoms with E-state index < -0.39 is 0 Å². The lowest BCUT2D eigenvalue weighted by Gasteiger charge is -2.18. The summed E-state index contributed by atoms with van der Waals surface area (Å²) >= 11 is 0. The Kier molecular flexibility index (Phi) is 4.99. The van der Waals surface area contributed by atoms with Crippen LogP contribution in [0.2, 0.25) is 0 Å². The van der Waals surface area contributed by atoms with E-state index in [9.17, 15) is 0 Å². The molecule has 0 aliphatic carbocycles. The Hall–Kier alpha value is -1.57. The molecule has 0 unspecified atom stereocenters. The van der Waals surface area contributed by atoms with Gasteiger partial charge in [-0.15, -0.1) is 0 Å². The first-order chi connectivity index (χ1) is 9.69. The SMILES string of the molecule is CCCc1ccc(C(CC)CC)c(-n2ccc(C)n2)c1. The molecule has 2 aromatic rings. The van der Waals surface area contributed by atoms with Crippen LogP contribution < -0.4 is 0 Å². The van der Waals surface area contributed by atoms with Crippen molar-refractivity contribution >= 4 is 0 Å². The molecular formula is C18H26N2. The van der Waals surface area contributed by atoms with Gasteiger partial charge in [0.15, 0.2) is 0 Å². The van der Waals surface area contributed by atoms with Crippen LogP contribution >= 0.6 is 0 Å². The second-order valence-corrected chi connectivity index (χ2v) is 5.56. The van der Waals surface area contributed by atoms with Crippen LogP contribution in [0.5, 0.6) is 0 Å². The molecule has 0 radical (unpaired) electrons. The van der Waals surface area contributed by atoms with Crippen molar-refractivity contribution in [3.05, 3.63) is 47.3 Å². The highest BCUT2D eigenvalue weighted by atomic mass is 15.3. The molecule has 0 atom stereocenters. The van der Waals surface area contributed by atoms with Crippen LogP contribution in [0.4, 0.5) is 0 Å². The Morgan fingerprint density at radius 1 is 1.10 bits per heavy atom. The first kappa shape index (κ1) is 14.8. The van der Waals surface area contributed by atoms with E-state index >= 15 is 0 Å². The van der Waals surface area contributed by atoms with Gasteiger partial charge in [-0.1, -0.05) is 39.3 Å². The average molecular weight is 270 g/mol. The summed E-state index contributed by atoms with van der Waals surface area (Å²) in [5.74, 6) is 0.616. The van der Waals surface area contributed by atoms with Crippen LogP contribution in [0, 0.1) is 6.92 Å². The summed E-state index contributed by atoms with van der Waals surface area (Å²) in [7, 11) is 0. The van der Waals surface area contributed by atoms with Crippen molar-refractivity contribution in [2.45, 2.75) is 59.3 Å².